The Bertz CT molecular complexity index is 630. The average Bonchev–Trinajstić information content (AvgIpc) is 2.45. The fraction of sp³-hybridized carbons (Fsp3) is 0. The summed E-state index contributed by atoms with van der Waals surface area (Å²) in [6.45, 7) is 7.46. The molecule has 0 spiro atoms. The van der Waals surface area contributed by atoms with Crippen LogP contribution in [0.1, 0.15) is 5.82 Å². The molecule has 2 rings (SSSR count). The average molecular weight is 313 g/mol. The lowest BCUT2D eigenvalue weighted by molar-refractivity contribution is 1.10. The molecule has 0 aliphatic carbocycles. The number of nitrogens with zero attached hydrogens (tertiary/aromatic N) is 2. The number of hydrogen-bond donors (Lipinski definition) is 0. The summed E-state index contributed by atoms with van der Waals surface area (Å²) in [6.07, 6.45) is 5.26. The fourth-order valence-corrected chi connectivity index (χ4v) is 2.05. The van der Waals surface area contributed by atoms with E-state index in [4.69, 9.17) is 0 Å². The Morgan fingerprint density at radius 1 is 1.11 bits per heavy atom. The Morgan fingerprint density at radius 3 is 2.47 bits per heavy atom. The Hall–Kier alpha value is -2.00. The van der Waals surface area contributed by atoms with E-state index in [-0.39, 0.29) is 0 Å². The zero-order valence-corrected chi connectivity index (χ0v) is 12.0. The van der Waals surface area contributed by atoms with Crippen LogP contribution < -0.4 is 0 Å². The minimum absolute atomic E-state index is 0.628. The summed E-state index contributed by atoms with van der Waals surface area (Å²) in [4.78, 5) is 8.93. The molecule has 0 N–H and O–H groups in total. The molecule has 2 aromatic rings. The van der Waals surface area contributed by atoms with Crippen LogP contribution in [-0.4, -0.2) is 9.97 Å². The Balaban J connectivity index is 2.55. The third-order valence-electron chi connectivity index (χ3n) is 2.54. The topological polar surface area (TPSA) is 25.8 Å². The van der Waals surface area contributed by atoms with E-state index in [1.54, 1.807) is 12.2 Å². The number of rotatable bonds is 4. The van der Waals surface area contributed by atoms with Gasteiger partial charge in [-0.15, -0.1) is 0 Å². The molecule has 19 heavy (non-hydrogen) atoms. The van der Waals surface area contributed by atoms with Gasteiger partial charge in [-0.25, -0.2) is 9.97 Å². The highest BCUT2D eigenvalue weighted by Crippen LogP contribution is 2.22. The first-order chi connectivity index (χ1) is 9.24. The molecule has 0 aliphatic heterocycles. The first-order valence-corrected chi connectivity index (χ1v) is 6.59. The summed E-state index contributed by atoms with van der Waals surface area (Å²) < 4.78 is 0.744. The second kappa shape index (κ2) is 6.25. The molecule has 0 aliphatic rings. The van der Waals surface area contributed by atoms with Crippen molar-refractivity contribution in [2.24, 2.45) is 0 Å². The molecule has 0 amide bonds. The van der Waals surface area contributed by atoms with Crippen LogP contribution in [0.25, 0.3) is 16.8 Å². The molecular formula is C16H13BrN2. The van der Waals surface area contributed by atoms with E-state index >= 15 is 0 Å². The van der Waals surface area contributed by atoms with Gasteiger partial charge in [0, 0.05) is 11.1 Å². The SMILES string of the molecule is C=C/C=C(\C=C)c1nc(Br)cc(-c2ccccc2)n1. The molecule has 0 saturated carbocycles. The van der Waals surface area contributed by atoms with Gasteiger partial charge < -0.3 is 0 Å². The second-order valence-electron chi connectivity index (χ2n) is 3.83. The quantitative estimate of drug-likeness (QED) is 0.606. The van der Waals surface area contributed by atoms with Gasteiger partial charge in [0.05, 0.1) is 5.69 Å². The highest BCUT2D eigenvalue weighted by atomic mass is 79.9. The van der Waals surface area contributed by atoms with E-state index in [0.29, 0.717) is 5.82 Å². The number of hydrogen-bond acceptors (Lipinski definition) is 2. The predicted octanol–water partition coefficient (Wildman–Crippen LogP) is 4.66. The number of halogens is 1. The highest BCUT2D eigenvalue weighted by molar-refractivity contribution is 9.10. The van der Waals surface area contributed by atoms with Gasteiger partial charge in [-0.3, -0.25) is 0 Å². The molecule has 1 heterocycles. The van der Waals surface area contributed by atoms with Crippen molar-refractivity contribution in [2.75, 3.05) is 0 Å². The first kappa shape index (κ1) is 13.4. The highest BCUT2D eigenvalue weighted by Gasteiger charge is 2.07. The van der Waals surface area contributed by atoms with Crippen LogP contribution in [0.5, 0.6) is 0 Å². The normalized spacial score (nSPS) is 11.1. The molecule has 0 atom stereocenters. The van der Waals surface area contributed by atoms with Crippen molar-refractivity contribution >= 4 is 21.5 Å². The van der Waals surface area contributed by atoms with Gasteiger partial charge in [-0.05, 0) is 22.0 Å². The lowest BCUT2D eigenvalue weighted by Gasteiger charge is -2.06. The summed E-state index contributed by atoms with van der Waals surface area (Å²) in [5, 5.41) is 0. The third-order valence-corrected chi connectivity index (χ3v) is 2.95. The predicted molar refractivity (Wildman–Crippen MR) is 83.5 cm³/mol. The van der Waals surface area contributed by atoms with Gasteiger partial charge in [0.25, 0.3) is 0 Å². The molecule has 1 aromatic carbocycles. The minimum Gasteiger partial charge on any atom is -0.228 e. The van der Waals surface area contributed by atoms with Crippen LogP contribution in [0.3, 0.4) is 0 Å². The van der Waals surface area contributed by atoms with Gasteiger partial charge in [0.1, 0.15) is 4.60 Å². The van der Waals surface area contributed by atoms with E-state index in [9.17, 15) is 0 Å². The second-order valence-corrected chi connectivity index (χ2v) is 4.64. The van der Waals surface area contributed by atoms with Crippen molar-refractivity contribution in [3.05, 3.63) is 78.2 Å². The van der Waals surface area contributed by atoms with Crippen LogP contribution in [0.2, 0.25) is 0 Å². The molecule has 0 saturated heterocycles. The third kappa shape index (κ3) is 3.26. The lowest BCUT2D eigenvalue weighted by atomic mass is 10.1. The molecule has 0 fully saturated rings. The zero-order valence-electron chi connectivity index (χ0n) is 10.4. The molecule has 1 aromatic heterocycles. The van der Waals surface area contributed by atoms with Gasteiger partial charge >= 0.3 is 0 Å². The van der Waals surface area contributed by atoms with Crippen molar-refractivity contribution in [1.29, 1.82) is 0 Å². The Kier molecular flexibility index (Phi) is 4.42. The van der Waals surface area contributed by atoms with Crippen molar-refractivity contribution in [2.45, 2.75) is 0 Å². The number of benzene rings is 1. The van der Waals surface area contributed by atoms with E-state index in [2.05, 4.69) is 39.1 Å². The Morgan fingerprint density at radius 2 is 1.84 bits per heavy atom. The molecule has 0 unspecified atom stereocenters. The zero-order chi connectivity index (χ0) is 13.7. The summed E-state index contributed by atoms with van der Waals surface area (Å²) in [5.41, 5.74) is 2.76. The molecule has 0 radical (unpaired) electrons. The monoisotopic (exact) mass is 312 g/mol. The lowest BCUT2D eigenvalue weighted by Crippen LogP contribution is -1.96. The smallest absolute Gasteiger partial charge is 0.161 e. The largest absolute Gasteiger partial charge is 0.228 e. The van der Waals surface area contributed by atoms with E-state index < -0.39 is 0 Å². The number of aromatic nitrogens is 2. The molecule has 2 nitrogen and oxygen atoms in total. The standard InChI is InChI=1S/C16H13BrN2/c1-3-8-12(4-2)16-18-14(11-15(17)19-16)13-9-6-5-7-10-13/h3-11H,1-2H2/b12-8+. The molecular weight excluding hydrogens is 300 g/mol. The van der Waals surface area contributed by atoms with Crippen LogP contribution in [0, 0.1) is 0 Å². The Labute approximate surface area is 121 Å². The van der Waals surface area contributed by atoms with Gasteiger partial charge in [-0.2, -0.15) is 0 Å². The minimum atomic E-state index is 0.628. The van der Waals surface area contributed by atoms with E-state index in [0.717, 1.165) is 21.4 Å². The summed E-state index contributed by atoms with van der Waals surface area (Å²) in [7, 11) is 0. The van der Waals surface area contributed by atoms with Crippen LogP contribution >= 0.6 is 15.9 Å². The van der Waals surface area contributed by atoms with Crippen LogP contribution in [0.15, 0.2) is 72.4 Å². The number of allylic oxidation sites excluding steroid dienone is 4. The first-order valence-electron chi connectivity index (χ1n) is 5.80. The van der Waals surface area contributed by atoms with Crippen LogP contribution in [0.4, 0.5) is 0 Å². The van der Waals surface area contributed by atoms with Gasteiger partial charge in [0.15, 0.2) is 5.82 Å². The van der Waals surface area contributed by atoms with Crippen LogP contribution in [-0.2, 0) is 0 Å². The van der Waals surface area contributed by atoms with Crippen molar-refractivity contribution < 1.29 is 0 Å². The maximum absolute atomic E-state index is 4.57. The molecule has 94 valence electrons. The van der Waals surface area contributed by atoms with Crippen molar-refractivity contribution in [3.63, 3.8) is 0 Å². The summed E-state index contributed by atoms with van der Waals surface area (Å²) >= 11 is 3.42. The van der Waals surface area contributed by atoms with Crippen molar-refractivity contribution in [1.82, 2.24) is 9.97 Å². The van der Waals surface area contributed by atoms with Gasteiger partial charge in [-0.1, -0.05) is 61.7 Å². The summed E-state index contributed by atoms with van der Waals surface area (Å²) in [5.74, 6) is 0.628. The van der Waals surface area contributed by atoms with Gasteiger partial charge in [0.2, 0.25) is 0 Å². The maximum atomic E-state index is 4.57. The van der Waals surface area contributed by atoms with E-state index in [1.807, 2.05) is 42.5 Å². The molecule has 0 bridgehead atoms. The maximum Gasteiger partial charge on any atom is 0.161 e. The van der Waals surface area contributed by atoms with Crippen molar-refractivity contribution in [3.8, 4) is 11.3 Å². The summed E-state index contributed by atoms with van der Waals surface area (Å²) in [6, 6.07) is 11.9. The van der Waals surface area contributed by atoms with E-state index in [1.165, 1.54) is 0 Å². The molecule has 3 heteroatoms. The fourth-order valence-electron chi connectivity index (χ4n) is 1.66.